The number of amides is 1. The summed E-state index contributed by atoms with van der Waals surface area (Å²) in [6.07, 6.45) is -3.07. The lowest BCUT2D eigenvalue weighted by Crippen LogP contribution is -2.31. The number of aromatic nitrogens is 1. The Morgan fingerprint density at radius 1 is 1.06 bits per heavy atom. The van der Waals surface area contributed by atoms with E-state index in [0.717, 1.165) is 33.6 Å². The van der Waals surface area contributed by atoms with Gasteiger partial charge in [-0.1, -0.05) is 48.5 Å². The number of rotatable bonds is 9. The molecule has 2 aromatic carbocycles. The van der Waals surface area contributed by atoms with Crippen LogP contribution in [0.3, 0.4) is 0 Å². The Hall–Kier alpha value is -3.27. The number of nitrogens with zero attached hydrogens (tertiary/aromatic N) is 1. The minimum atomic E-state index is -1.32. The third kappa shape index (κ3) is 4.96. The van der Waals surface area contributed by atoms with Crippen LogP contribution < -0.4 is 5.32 Å². The maximum Gasteiger partial charge on any atom is 0.407 e. The first-order valence-corrected chi connectivity index (χ1v) is 11.9. The summed E-state index contributed by atoms with van der Waals surface area (Å²) in [4.78, 5) is 28.4. The Bertz CT molecular complexity index is 1120. The number of hydrogen-bond acceptors (Lipinski definition) is 8. The number of carbonyl (C=O) groups is 2. The minimum absolute atomic E-state index is 0.0112. The van der Waals surface area contributed by atoms with Crippen LogP contribution in [0.15, 0.2) is 54.0 Å². The molecule has 9 heteroatoms. The highest BCUT2D eigenvalue weighted by molar-refractivity contribution is 7.10. The van der Waals surface area contributed by atoms with Crippen LogP contribution >= 0.6 is 11.3 Å². The molecule has 1 heterocycles. The summed E-state index contributed by atoms with van der Waals surface area (Å²) in [5.41, 5.74) is 5.94. The quantitative estimate of drug-likeness (QED) is 0.399. The average Bonchev–Trinajstić information content (AvgIpc) is 3.46. The molecule has 0 bridgehead atoms. The van der Waals surface area contributed by atoms with Gasteiger partial charge in [-0.15, -0.1) is 11.3 Å². The van der Waals surface area contributed by atoms with E-state index in [9.17, 15) is 19.8 Å². The molecule has 0 aliphatic heterocycles. The summed E-state index contributed by atoms with van der Waals surface area (Å²) in [5.74, 6) is -0.694. The molecule has 2 atom stereocenters. The lowest BCUT2D eigenvalue weighted by atomic mass is 9.98. The lowest BCUT2D eigenvalue weighted by Gasteiger charge is -2.18. The van der Waals surface area contributed by atoms with Gasteiger partial charge in [-0.3, -0.25) is 0 Å². The first-order valence-electron chi connectivity index (χ1n) is 11.1. The van der Waals surface area contributed by atoms with E-state index in [1.54, 1.807) is 6.92 Å². The highest BCUT2D eigenvalue weighted by Gasteiger charge is 2.29. The number of aliphatic hydroxyl groups is 2. The second kappa shape index (κ2) is 10.8. The molecule has 1 amide bonds. The molecule has 1 aliphatic rings. The minimum Gasteiger partial charge on any atom is -0.461 e. The van der Waals surface area contributed by atoms with Crippen LogP contribution in [0.2, 0.25) is 0 Å². The summed E-state index contributed by atoms with van der Waals surface area (Å²) < 4.78 is 10.4. The number of hydrogen-bond donors (Lipinski definition) is 3. The zero-order chi connectivity index (χ0) is 24.1. The maximum absolute atomic E-state index is 12.3. The van der Waals surface area contributed by atoms with Crippen molar-refractivity contribution in [2.45, 2.75) is 31.5 Å². The average molecular weight is 483 g/mol. The van der Waals surface area contributed by atoms with Crippen molar-refractivity contribution in [3.05, 3.63) is 75.7 Å². The van der Waals surface area contributed by atoms with E-state index >= 15 is 0 Å². The molecular formula is C25H26N2O6S. The van der Waals surface area contributed by atoms with E-state index in [1.807, 2.05) is 36.4 Å². The molecule has 0 saturated heterocycles. The lowest BCUT2D eigenvalue weighted by molar-refractivity contribution is 0.0142. The van der Waals surface area contributed by atoms with Crippen LogP contribution in [0.5, 0.6) is 0 Å². The number of alkyl carbamates (subject to hydrolysis) is 1. The molecule has 2 unspecified atom stereocenters. The monoisotopic (exact) mass is 482 g/mol. The van der Waals surface area contributed by atoms with Gasteiger partial charge in [0.1, 0.15) is 12.7 Å². The smallest absolute Gasteiger partial charge is 0.407 e. The third-order valence-electron chi connectivity index (χ3n) is 5.75. The molecule has 1 aliphatic carbocycles. The third-order valence-corrected chi connectivity index (χ3v) is 6.65. The van der Waals surface area contributed by atoms with E-state index < -0.39 is 24.3 Å². The highest BCUT2D eigenvalue weighted by atomic mass is 32.1. The number of aliphatic hydroxyl groups excluding tert-OH is 2. The van der Waals surface area contributed by atoms with E-state index in [0.29, 0.717) is 0 Å². The van der Waals surface area contributed by atoms with Crippen LogP contribution in [-0.2, 0) is 9.47 Å². The SMILES string of the molecule is CCOC(=O)c1ncsc1C(O)C(O)CCNC(=O)OCC1c2ccccc2-c2ccccc21. The molecular weight excluding hydrogens is 456 g/mol. The summed E-state index contributed by atoms with van der Waals surface area (Å²) in [7, 11) is 0. The zero-order valence-electron chi connectivity index (χ0n) is 18.6. The standard InChI is InChI=1S/C25H26N2O6S/c1-2-32-24(30)21-23(34-14-27-21)22(29)20(28)11-12-26-25(31)33-13-19-17-9-5-3-7-15(17)16-8-4-6-10-18(16)19/h3-10,14,19-20,22,28-29H,2,11-13H2,1H3,(H,26,31). The molecule has 1 aromatic heterocycles. The van der Waals surface area contributed by atoms with Crippen molar-refractivity contribution in [1.82, 2.24) is 10.3 Å². The fraction of sp³-hybridized carbons (Fsp3) is 0.320. The predicted molar refractivity (Wildman–Crippen MR) is 127 cm³/mol. The van der Waals surface area contributed by atoms with Crippen molar-refractivity contribution in [2.24, 2.45) is 0 Å². The van der Waals surface area contributed by atoms with Gasteiger partial charge >= 0.3 is 12.1 Å². The van der Waals surface area contributed by atoms with Crippen LogP contribution in [0.1, 0.15) is 51.9 Å². The largest absolute Gasteiger partial charge is 0.461 e. The van der Waals surface area contributed by atoms with Crippen molar-refractivity contribution < 1.29 is 29.3 Å². The van der Waals surface area contributed by atoms with Crippen molar-refractivity contribution in [3.63, 3.8) is 0 Å². The predicted octanol–water partition coefficient (Wildman–Crippen LogP) is 3.64. The van der Waals surface area contributed by atoms with E-state index in [2.05, 4.69) is 22.4 Å². The first-order chi connectivity index (χ1) is 16.5. The van der Waals surface area contributed by atoms with Crippen molar-refractivity contribution in [1.29, 1.82) is 0 Å². The van der Waals surface area contributed by atoms with Gasteiger partial charge in [-0.25, -0.2) is 14.6 Å². The number of carbonyl (C=O) groups excluding carboxylic acids is 2. The Kier molecular flexibility index (Phi) is 7.56. The zero-order valence-corrected chi connectivity index (χ0v) is 19.5. The van der Waals surface area contributed by atoms with Crippen LogP contribution in [0.25, 0.3) is 11.1 Å². The summed E-state index contributed by atoms with van der Waals surface area (Å²) >= 11 is 1.06. The first kappa shape index (κ1) is 23.9. The Balaban J connectivity index is 1.28. The van der Waals surface area contributed by atoms with E-state index in [-0.39, 0.29) is 42.7 Å². The molecule has 0 fully saturated rings. The number of esters is 1. The van der Waals surface area contributed by atoms with Gasteiger partial charge < -0.3 is 25.0 Å². The van der Waals surface area contributed by atoms with Gasteiger partial charge in [0.05, 0.1) is 23.1 Å². The number of ether oxygens (including phenoxy) is 2. The second-order valence-electron chi connectivity index (χ2n) is 7.84. The summed E-state index contributed by atoms with van der Waals surface area (Å²) in [6, 6.07) is 16.2. The number of nitrogens with one attached hydrogen (secondary N) is 1. The summed E-state index contributed by atoms with van der Waals surface area (Å²) in [5, 5.41) is 23.4. The van der Waals surface area contributed by atoms with Crippen molar-refractivity contribution >= 4 is 23.4 Å². The fourth-order valence-corrected chi connectivity index (χ4v) is 4.94. The number of fused-ring (bicyclic) bond motifs is 3. The fourth-order valence-electron chi connectivity index (χ4n) is 4.12. The normalized spacial score (nSPS) is 14.1. The van der Waals surface area contributed by atoms with Gasteiger partial charge in [0.15, 0.2) is 5.69 Å². The van der Waals surface area contributed by atoms with Gasteiger partial charge in [0.2, 0.25) is 0 Å². The molecule has 0 spiro atoms. The maximum atomic E-state index is 12.3. The molecule has 3 N–H and O–H groups in total. The molecule has 0 saturated carbocycles. The number of thiazole rings is 1. The highest BCUT2D eigenvalue weighted by Crippen LogP contribution is 2.44. The van der Waals surface area contributed by atoms with Gasteiger partial charge in [-0.2, -0.15) is 0 Å². The van der Waals surface area contributed by atoms with Crippen LogP contribution in [0, 0.1) is 0 Å². The van der Waals surface area contributed by atoms with Crippen molar-refractivity contribution in [3.8, 4) is 11.1 Å². The van der Waals surface area contributed by atoms with Crippen LogP contribution in [0.4, 0.5) is 4.79 Å². The number of benzene rings is 2. The Morgan fingerprint density at radius 3 is 2.35 bits per heavy atom. The molecule has 4 rings (SSSR count). The molecule has 0 radical (unpaired) electrons. The van der Waals surface area contributed by atoms with Crippen molar-refractivity contribution in [2.75, 3.05) is 19.8 Å². The Labute approximate surface area is 201 Å². The molecule has 178 valence electrons. The summed E-state index contributed by atoms with van der Waals surface area (Å²) in [6.45, 7) is 2.12. The molecule has 34 heavy (non-hydrogen) atoms. The van der Waals surface area contributed by atoms with Crippen LogP contribution in [-0.4, -0.2) is 53.1 Å². The van der Waals surface area contributed by atoms with Gasteiger partial charge in [-0.05, 0) is 35.6 Å². The second-order valence-corrected chi connectivity index (χ2v) is 8.73. The van der Waals surface area contributed by atoms with E-state index in [4.69, 9.17) is 9.47 Å². The van der Waals surface area contributed by atoms with Gasteiger partial charge in [0.25, 0.3) is 0 Å². The topological polar surface area (TPSA) is 118 Å². The molecule has 8 nitrogen and oxygen atoms in total. The van der Waals surface area contributed by atoms with E-state index in [1.165, 1.54) is 5.51 Å². The van der Waals surface area contributed by atoms with Gasteiger partial charge in [0, 0.05) is 12.5 Å². The Morgan fingerprint density at radius 2 is 1.71 bits per heavy atom. The molecule has 3 aromatic rings.